The maximum atomic E-state index is 13.7. The molecule has 0 aliphatic carbocycles. The quantitative estimate of drug-likeness (QED) is 0.386. The van der Waals surface area contributed by atoms with E-state index < -0.39 is 6.04 Å². The Morgan fingerprint density at radius 2 is 1.84 bits per heavy atom. The van der Waals surface area contributed by atoms with E-state index in [4.69, 9.17) is 18.9 Å². The Labute approximate surface area is 264 Å². The van der Waals surface area contributed by atoms with Crippen LogP contribution in [0.15, 0.2) is 54.6 Å². The maximum absolute atomic E-state index is 13.7. The van der Waals surface area contributed by atoms with Gasteiger partial charge in [0.25, 0.3) is 0 Å². The van der Waals surface area contributed by atoms with Crippen molar-refractivity contribution in [3.8, 4) is 28.7 Å². The molecule has 8 bridgehead atoms. The third-order valence-corrected chi connectivity index (χ3v) is 8.09. The lowest BCUT2D eigenvalue weighted by Gasteiger charge is -2.38. The summed E-state index contributed by atoms with van der Waals surface area (Å²) in [4.78, 5) is 39.5. The first kappa shape index (κ1) is 31.7. The second-order valence-electron chi connectivity index (χ2n) is 11.2. The summed E-state index contributed by atoms with van der Waals surface area (Å²) in [6.45, 7) is 3.29. The van der Waals surface area contributed by atoms with Crippen LogP contribution in [0.5, 0.6) is 28.7 Å². The van der Waals surface area contributed by atoms with E-state index in [0.717, 1.165) is 22.3 Å². The molecule has 0 aromatic heterocycles. The number of carbonyl (C=O) groups excluding carboxylic acids is 3. The predicted molar refractivity (Wildman–Crippen MR) is 169 cm³/mol. The molecule has 1 unspecified atom stereocenters. The van der Waals surface area contributed by atoms with Crippen LogP contribution in [0.4, 0.5) is 0 Å². The van der Waals surface area contributed by atoms with Crippen LogP contribution in [0.1, 0.15) is 60.9 Å². The fourth-order valence-corrected chi connectivity index (χ4v) is 5.84. The normalized spacial score (nSPS) is 16.5. The van der Waals surface area contributed by atoms with Crippen molar-refractivity contribution in [3.05, 3.63) is 76.9 Å². The van der Waals surface area contributed by atoms with E-state index >= 15 is 0 Å². The molecule has 3 aliphatic rings. The van der Waals surface area contributed by atoms with E-state index in [1.54, 1.807) is 14.2 Å². The highest BCUT2D eigenvalue weighted by Crippen LogP contribution is 2.44. The zero-order chi connectivity index (χ0) is 31.8. The van der Waals surface area contributed by atoms with Gasteiger partial charge in [0.15, 0.2) is 23.0 Å². The van der Waals surface area contributed by atoms with Gasteiger partial charge in [-0.3, -0.25) is 14.4 Å². The van der Waals surface area contributed by atoms with Crippen LogP contribution in [0.25, 0.3) is 0 Å². The fraction of sp³-hybridized carbons (Fsp3) is 0.400. The molecule has 0 saturated carbocycles. The molecule has 6 rings (SSSR count). The highest BCUT2D eigenvalue weighted by molar-refractivity contribution is 5.78. The molecule has 0 radical (unpaired) electrons. The number of rotatable bonds is 6. The zero-order valence-corrected chi connectivity index (χ0v) is 26.1. The Morgan fingerprint density at radius 3 is 2.64 bits per heavy atom. The minimum Gasteiger partial charge on any atom is -0.493 e. The molecule has 3 aromatic rings. The average molecular weight is 616 g/mol. The molecule has 3 heterocycles. The lowest BCUT2D eigenvalue weighted by atomic mass is 9.87. The molecule has 10 heteroatoms. The Morgan fingerprint density at radius 1 is 1.00 bits per heavy atom. The molecule has 10 nitrogen and oxygen atoms in total. The van der Waals surface area contributed by atoms with Crippen molar-refractivity contribution < 1.29 is 33.3 Å². The van der Waals surface area contributed by atoms with Gasteiger partial charge in [-0.2, -0.15) is 0 Å². The molecule has 2 N–H and O–H groups in total. The van der Waals surface area contributed by atoms with E-state index in [1.165, 1.54) is 6.92 Å². The van der Waals surface area contributed by atoms with Crippen molar-refractivity contribution in [3.63, 3.8) is 0 Å². The summed E-state index contributed by atoms with van der Waals surface area (Å²) in [5, 5.41) is 5.74. The summed E-state index contributed by atoms with van der Waals surface area (Å²) in [5.41, 5.74) is 3.87. The largest absolute Gasteiger partial charge is 0.493 e. The topological polar surface area (TPSA) is 115 Å². The fourth-order valence-electron chi connectivity index (χ4n) is 5.84. The summed E-state index contributed by atoms with van der Waals surface area (Å²) in [5.74, 6) is 2.77. The van der Waals surface area contributed by atoms with Gasteiger partial charge in [-0.05, 0) is 84.3 Å². The molecule has 3 aliphatic heterocycles. The number of benzene rings is 3. The van der Waals surface area contributed by atoms with Gasteiger partial charge in [-0.1, -0.05) is 18.2 Å². The van der Waals surface area contributed by atoms with E-state index in [2.05, 4.69) is 10.6 Å². The van der Waals surface area contributed by atoms with Gasteiger partial charge in [0.2, 0.25) is 17.7 Å². The molecule has 45 heavy (non-hydrogen) atoms. The third-order valence-electron chi connectivity index (χ3n) is 8.09. The number of carbonyl (C=O) groups is 3. The number of hydrogen-bond donors (Lipinski definition) is 2. The van der Waals surface area contributed by atoms with Crippen molar-refractivity contribution >= 4 is 17.7 Å². The Kier molecular flexibility index (Phi) is 10.4. The average Bonchev–Trinajstić information content (AvgIpc) is 3.04. The van der Waals surface area contributed by atoms with Crippen LogP contribution in [-0.4, -0.2) is 63.1 Å². The Balaban J connectivity index is 1.56. The van der Waals surface area contributed by atoms with Crippen LogP contribution in [0, 0.1) is 0 Å². The van der Waals surface area contributed by atoms with Gasteiger partial charge < -0.3 is 34.5 Å². The summed E-state index contributed by atoms with van der Waals surface area (Å²) < 4.78 is 24.0. The van der Waals surface area contributed by atoms with Crippen LogP contribution >= 0.6 is 0 Å². The Bertz CT molecular complexity index is 1540. The molecule has 3 aromatic carbocycles. The molecule has 0 spiro atoms. The van der Waals surface area contributed by atoms with E-state index in [1.807, 2.05) is 59.5 Å². The second kappa shape index (κ2) is 14.8. The number of aryl methyl sites for hydroxylation is 1. The second-order valence-corrected chi connectivity index (χ2v) is 11.2. The van der Waals surface area contributed by atoms with Gasteiger partial charge in [0.05, 0.1) is 26.9 Å². The summed E-state index contributed by atoms with van der Waals surface area (Å²) >= 11 is 0. The highest BCUT2D eigenvalue weighted by Gasteiger charge is 2.34. The van der Waals surface area contributed by atoms with Gasteiger partial charge in [0, 0.05) is 39.4 Å². The highest BCUT2D eigenvalue weighted by atomic mass is 16.5. The molecule has 0 saturated heterocycles. The summed E-state index contributed by atoms with van der Waals surface area (Å²) in [6, 6.07) is 17.0. The van der Waals surface area contributed by atoms with Gasteiger partial charge in [0.1, 0.15) is 5.75 Å². The van der Waals surface area contributed by atoms with Crippen LogP contribution in [0.2, 0.25) is 0 Å². The lowest BCUT2D eigenvalue weighted by Crippen LogP contribution is -2.41. The third kappa shape index (κ3) is 7.87. The smallest absolute Gasteiger partial charge is 0.223 e. The molecule has 3 amide bonds. The molecular formula is C35H41N3O7. The number of ether oxygens (including phenoxy) is 4. The number of nitrogens with zero attached hydrogens (tertiary/aromatic N) is 1. The predicted octanol–water partition coefficient (Wildman–Crippen LogP) is 4.72. The number of amides is 3. The van der Waals surface area contributed by atoms with Crippen molar-refractivity contribution in [2.45, 2.75) is 51.5 Å². The zero-order valence-electron chi connectivity index (χ0n) is 26.1. The maximum Gasteiger partial charge on any atom is 0.223 e. The summed E-state index contributed by atoms with van der Waals surface area (Å²) in [6.07, 6.45) is 3.04. The minimum atomic E-state index is -0.411. The van der Waals surface area contributed by atoms with Crippen molar-refractivity contribution in [1.82, 2.24) is 15.5 Å². The van der Waals surface area contributed by atoms with Gasteiger partial charge >= 0.3 is 0 Å². The van der Waals surface area contributed by atoms with Crippen molar-refractivity contribution in [2.24, 2.45) is 0 Å². The first-order valence-corrected chi connectivity index (χ1v) is 15.4. The summed E-state index contributed by atoms with van der Waals surface area (Å²) in [7, 11) is 3.19. The van der Waals surface area contributed by atoms with E-state index in [-0.39, 0.29) is 17.7 Å². The molecule has 0 fully saturated rings. The van der Waals surface area contributed by atoms with Crippen LogP contribution in [-0.2, 0) is 27.2 Å². The van der Waals surface area contributed by atoms with Crippen LogP contribution in [0.3, 0.4) is 0 Å². The van der Waals surface area contributed by atoms with Crippen LogP contribution < -0.4 is 29.6 Å². The lowest BCUT2D eigenvalue weighted by molar-refractivity contribution is -0.133. The number of fused-ring (bicyclic) bond motifs is 8. The number of nitrogens with one attached hydrogen (secondary N) is 2. The molecular weight excluding hydrogens is 574 g/mol. The van der Waals surface area contributed by atoms with Crippen molar-refractivity contribution in [2.75, 3.05) is 40.5 Å². The minimum absolute atomic E-state index is 0.00408. The van der Waals surface area contributed by atoms with E-state index in [0.29, 0.717) is 93.5 Å². The monoisotopic (exact) mass is 615 g/mol. The SMILES string of the molecule is COc1ccc2cc1OCCCNC(=O)CCc1cccc(c1)Oc1cc3c(cc1OC)C2N(C(=O)CCCNC(C)=O)CC3. The first-order chi connectivity index (χ1) is 21.9. The molecule has 1 atom stereocenters. The van der Waals surface area contributed by atoms with E-state index in [9.17, 15) is 14.4 Å². The standard InChI is InChI=1S/C35H41N3O7/c1-23(39)36-15-5-9-34(41)38-17-14-25-20-32-30(43-3)22-28(25)35(38)26-11-12-29(42-2)31(21-26)44-18-6-16-37-33(40)13-10-24-7-4-8-27(19-24)45-32/h4,7-8,11-12,19-22,35H,5-6,9-10,13-18H2,1-3H3,(H,36,39)(H,37,40). The number of hydrogen-bond acceptors (Lipinski definition) is 7. The molecule has 238 valence electrons. The van der Waals surface area contributed by atoms with Gasteiger partial charge in [-0.25, -0.2) is 0 Å². The van der Waals surface area contributed by atoms with Crippen molar-refractivity contribution in [1.29, 1.82) is 0 Å². The number of methoxy groups -OCH3 is 2. The first-order valence-electron chi connectivity index (χ1n) is 15.4. The Hall–Kier alpha value is -4.73. The van der Waals surface area contributed by atoms with Gasteiger partial charge in [-0.15, -0.1) is 0 Å².